The van der Waals surface area contributed by atoms with E-state index in [2.05, 4.69) is 5.32 Å². The van der Waals surface area contributed by atoms with Crippen LogP contribution in [0.5, 0.6) is 17.2 Å². The van der Waals surface area contributed by atoms with E-state index in [1.54, 1.807) is 113 Å². The lowest BCUT2D eigenvalue weighted by Crippen LogP contribution is -2.81. The maximum Gasteiger partial charge on any atom is 0.338 e. The lowest BCUT2D eigenvalue weighted by molar-refractivity contribution is -0.340. The maximum absolute atomic E-state index is 15.9. The van der Waals surface area contributed by atoms with Gasteiger partial charge in [-0.2, -0.15) is 11.8 Å². The van der Waals surface area contributed by atoms with Crippen molar-refractivity contribution < 1.29 is 117 Å². The smallest absolute Gasteiger partial charge is 0.338 e. The average molecular weight is 1440 g/mol. The van der Waals surface area contributed by atoms with E-state index in [1.807, 2.05) is 6.26 Å². The zero-order chi connectivity index (χ0) is 74.7. The molecular weight excluding hydrogens is 1360 g/mol. The number of aliphatic hydroxyl groups is 5. The number of nitrogens with two attached hydrogens (primary N) is 1. The number of ketones is 4. The molecule has 0 aromatic heterocycles. The molecule has 2 heterocycles. The Morgan fingerprint density at radius 1 is 0.777 bits per heavy atom. The molecule has 0 spiro atoms. The van der Waals surface area contributed by atoms with Crippen LogP contribution in [-0.4, -0.2) is 193 Å². The topological polar surface area (TPSA) is 407 Å². The van der Waals surface area contributed by atoms with Crippen LogP contribution in [0.1, 0.15) is 156 Å². The summed E-state index contributed by atoms with van der Waals surface area (Å²) in [6, 6.07) is 27.0. The van der Waals surface area contributed by atoms with Crippen molar-refractivity contribution in [3.63, 3.8) is 0 Å². The van der Waals surface area contributed by atoms with E-state index in [-0.39, 0.29) is 69.7 Å². The quantitative estimate of drug-likeness (QED) is 0.0240. The van der Waals surface area contributed by atoms with Crippen LogP contribution in [0, 0.1) is 22.7 Å². The number of benzene rings is 5. The number of carbonyl (C=O) groups excluding carboxylic acids is 9. The Balaban J connectivity index is 0.000000232. The van der Waals surface area contributed by atoms with Gasteiger partial charge in [0, 0.05) is 78.7 Å². The van der Waals surface area contributed by atoms with E-state index in [0.717, 1.165) is 6.92 Å². The van der Waals surface area contributed by atoms with Gasteiger partial charge in [0.15, 0.2) is 41.4 Å². The molecule has 7 aliphatic rings. The summed E-state index contributed by atoms with van der Waals surface area (Å²) < 4.78 is 48.2. The van der Waals surface area contributed by atoms with Gasteiger partial charge in [-0.1, -0.05) is 99.6 Å². The molecule has 1 amide bonds. The number of phenols is 2. The van der Waals surface area contributed by atoms with Crippen molar-refractivity contribution in [1.29, 1.82) is 0 Å². The molecule has 5 aromatic rings. The fraction of sp³-hybridized carbons (Fsp3) is 0.461. The minimum Gasteiger partial charge on any atom is -0.507 e. The molecule has 0 unspecified atom stereocenters. The first kappa shape index (κ1) is 75.4. The van der Waals surface area contributed by atoms with Crippen LogP contribution < -0.4 is 15.8 Å². The van der Waals surface area contributed by atoms with Gasteiger partial charge in [0.1, 0.15) is 53.4 Å². The summed E-state index contributed by atoms with van der Waals surface area (Å²) in [6.07, 6.45) is -11.0. The van der Waals surface area contributed by atoms with Crippen molar-refractivity contribution >= 4 is 64.7 Å². The molecule has 17 atom stereocenters. The molecule has 5 aliphatic carbocycles. The van der Waals surface area contributed by atoms with Crippen molar-refractivity contribution in [1.82, 2.24) is 5.32 Å². The van der Waals surface area contributed by atoms with Crippen LogP contribution in [0.4, 0.5) is 0 Å². The summed E-state index contributed by atoms with van der Waals surface area (Å²) in [5, 5.41) is 82.2. The molecule has 27 heteroatoms. The molecule has 2 saturated carbocycles. The van der Waals surface area contributed by atoms with E-state index in [4.69, 9.17) is 43.6 Å². The zero-order valence-corrected chi connectivity index (χ0v) is 58.9. The minimum atomic E-state index is -2.29. The van der Waals surface area contributed by atoms with Crippen LogP contribution in [-0.2, 0) is 63.6 Å². The molecule has 2 saturated heterocycles. The Morgan fingerprint density at radius 2 is 1.41 bits per heavy atom. The van der Waals surface area contributed by atoms with E-state index in [9.17, 15) is 74.1 Å². The molecule has 548 valence electrons. The fourth-order valence-electron chi connectivity index (χ4n) is 16.5. The number of esters is 4. The standard InChI is InChI=1S/C49H55NO13S.C27H29NO11/c1-27-34(61-45(57)38(53)37(30-17-11-8-12-18-30)50-43(55)31-19-13-9-14-20-31)24-49(58)42(62-44(56)32-21-15-10-16-22-32)40-47(6,41(54)39(60-28(2)51)36(27)46(49,4)5)33(25-64-7)23-35-48(40,26-59-35)63-29(3)52;1-10-22(31)13(28)6-17(38-10)39-15-8-27(36,16(30)9-29)7-12-19(15)26(35)21-20(24(12)33)23(32)11-4-3-5-14(37-2)18(11)25(21)34/h8-22,33-35,37-40,42,53,58H,23-26H2,1-7H3,(H,50,55);3-5,10,13,15,17,22,29,31,33,35-36H,6-9,28H2,1-2H3/t33-,34+,35-,37+,38-,39-,40+,42+,47-,48+,49-;10-,13-,15-,17-,22+,27-/m10/s1. The van der Waals surface area contributed by atoms with Crippen LogP contribution in [0.15, 0.2) is 120 Å². The maximum atomic E-state index is 15.9. The third-order valence-electron chi connectivity index (χ3n) is 21.9. The van der Waals surface area contributed by atoms with Crippen molar-refractivity contribution in [2.75, 3.05) is 32.3 Å². The molecule has 0 radical (unpaired) electrons. The first-order valence-electron chi connectivity index (χ1n) is 33.7. The number of phenolic OH excluding ortho intramolecular Hbond substituents is 2. The normalized spacial score (nSPS) is 30.7. The lowest BCUT2D eigenvalue weighted by Gasteiger charge is -2.68. The largest absolute Gasteiger partial charge is 0.507 e. The second-order valence-electron chi connectivity index (χ2n) is 28.2. The van der Waals surface area contributed by atoms with Gasteiger partial charge in [-0.15, -0.1) is 0 Å². The number of thioether (sulfide) groups is 1. The number of hydrogen-bond acceptors (Lipinski definition) is 26. The number of methoxy groups -OCH3 is 1. The van der Waals surface area contributed by atoms with Gasteiger partial charge in [0.2, 0.25) is 5.78 Å². The number of amides is 1. The molecule has 5 aromatic carbocycles. The third kappa shape index (κ3) is 13.1. The van der Waals surface area contributed by atoms with E-state index >= 15 is 4.79 Å². The highest BCUT2D eigenvalue weighted by Crippen LogP contribution is 2.66. The van der Waals surface area contributed by atoms with Crippen LogP contribution >= 0.6 is 11.8 Å². The van der Waals surface area contributed by atoms with Gasteiger partial charge >= 0.3 is 23.9 Å². The molecule has 2 aliphatic heterocycles. The number of aromatic hydroxyl groups is 2. The monoisotopic (exact) mass is 1440 g/mol. The Kier molecular flexibility index (Phi) is 21.3. The van der Waals surface area contributed by atoms with Gasteiger partial charge in [-0.25, -0.2) is 9.59 Å². The van der Waals surface area contributed by atoms with Crippen molar-refractivity contribution in [3.05, 3.63) is 170 Å². The van der Waals surface area contributed by atoms with Crippen molar-refractivity contribution in [3.8, 4) is 17.2 Å². The number of carbonyl (C=O) groups is 9. The van der Waals surface area contributed by atoms with Gasteiger partial charge in [-0.05, 0) is 85.2 Å². The molecule has 26 nitrogen and oxygen atoms in total. The lowest BCUT2D eigenvalue weighted by atomic mass is 9.43. The number of aliphatic hydroxyl groups excluding tert-OH is 3. The number of rotatable bonds is 17. The predicted molar refractivity (Wildman–Crippen MR) is 365 cm³/mol. The third-order valence-corrected chi connectivity index (χ3v) is 22.6. The highest BCUT2D eigenvalue weighted by Gasteiger charge is 2.78. The number of nitrogens with one attached hydrogen (secondary N) is 1. The number of fused-ring (bicyclic) bond motifs is 8. The second-order valence-corrected chi connectivity index (χ2v) is 29.1. The summed E-state index contributed by atoms with van der Waals surface area (Å²) in [5.74, 6) is -9.94. The fourth-order valence-corrected chi connectivity index (χ4v) is 17.4. The van der Waals surface area contributed by atoms with Crippen LogP contribution in [0.3, 0.4) is 0 Å². The zero-order valence-electron chi connectivity index (χ0n) is 58.1. The molecule has 12 rings (SSSR count). The van der Waals surface area contributed by atoms with Crippen molar-refractivity contribution in [2.45, 2.75) is 165 Å². The van der Waals surface area contributed by atoms with Crippen molar-refractivity contribution in [2.24, 2.45) is 28.4 Å². The highest BCUT2D eigenvalue weighted by atomic mass is 32.2. The predicted octanol–water partition coefficient (Wildman–Crippen LogP) is 5.36. The molecule has 2 bridgehead atoms. The first-order chi connectivity index (χ1) is 48.7. The van der Waals surface area contributed by atoms with E-state index in [0.29, 0.717) is 11.3 Å². The summed E-state index contributed by atoms with van der Waals surface area (Å²) in [5.41, 5.74) is -3.58. The van der Waals surface area contributed by atoms with Gasteiger partial charge in [0.05, 0.1) is 66.2 Å². The average Bonchev–Trinajstić information content (AvgIpc) is 0.668. The van der Waals surface area contributed by atoms with E-state index < -0.39 is 208 Å². The Hall–Kier alpha value is -8.74. The number of hydrogen-bond donors (Lipinski definition) is 9. The van der Waals surface area contributed by atoms with Gasteiger partial charge < -0.3 is 84.7 Å². The molecular formula is C76H84N2O24S. The van der Waals surface area contributed by atoms with Gasteiger partial charge in [0.25, 0.3) is 5.91 Å². The Labute approximate surface area is 597 Å². The summed E-state index contributed by atoms with van der Waals surface area (Å²) in [7, 11) is 1.32. The summed E-state index contributed by atoms with van der Waals surface area (Å²) in [4.78, 5) is 124. The highest BCUT2D eigenvalue weighted by molar-refractivity contribution is 7.98. The minimum absolute atomic E-state index is 0.0173. The molecule has 103 heavy (non-hydrogen) atoms. The Bertz CT molecular complexity index is 4210. The van der Waals surface area contributed by atoms with Crippen LogP contribution in [0.2, 0.25) is 0 Å². The number of Topliss-reactive ketones (excluding diaryl/α,β-unsaturated/α-hetero) is 2. The van der Waals surface area contributed by atoms with Crippen LogP contribution in [0.25, 0.3) is 0 Å². The number of ether oxygens (including phenoxy) is 8. The Morgan fingerprint density at radius 3 is 1.99 bits per heavy atom. The summed E-state index contributed by atoms with van der Waals surface area (Å²) in [6.45, 7) is 9.29. The SMILES string of the molecule is COc1cccc2c1C(=O)c1c(O)c3c(c(O)c1C2=O)C[C@@](O)(C(=O)CO)C[C@@H]3O[C@H]1C[C@H](N)[C@H](O)[C@H](C)O1.CSC[C@H]1C[C@H]2OC[C@@]2(OC(C)=O)[C@H]2[C@H](OC(=O)c3ccccc3)[C@]3(O)C[C@H](OC(=O)[C@H](O)[C@@H](NC(=O)c4ccccc4)c4ccccc4)C(C)=C([C@@H](OC(C)=O)C(=O)[C@]12C)C3(C)C. The molecule has 10 N–H and O–H groups in total. The van der Waals surface area contributed by atoms with Gasteiger partial charge in [-0.3, -0.25) is 33.6 Å². The first-order valence-corrected chi connectivity index (χ1v) is 35.1. The van der Waals surface area contributed by atoms with E-state index in [1.165, 1.54) is 56.1 Å². The molecule has 4 fully saturated rings. The second kappa shape index (κ2) is 29.1. The summed E-state index contributed by atoms with van der Waals surface area (Å²) >= 11 is 1.46.